The Morgan fingerprint density at radius 3 is 2.50 bits per heavy atom. The Morgan fingerprint density at radius 1 is 1.25 bits per heavy atom. The maximum Gasteiger partial charge on any atom is 0.262 e. The number of ketones is 2. The van der Waals surface area contributed by atoms with Crippen molar-refractivity contribution in [2.75, 3.05) is 0 Å². The van der Waals surface area contributed by atoms with Crippen molar-refractivity contribution in [3.8, 4) is 6.07 Å². The Balaban J connectivity index is 2.51. The molecule has 78 valence electrons. The summed E-state index contributed by atoms with van der Waals surface area (Å²) < 4.78 is 0. The molecule has 1 unspecified atom stereocenters. The number of nitrogens with one attached hydrogen (secondary N) is 1. The first-order chi connectivity index (χ1) is 7.65. The summed E-state index contributed by atoms with van der Waals surface area (Å²) in [5.41, 5.74) is 0.411. The van der Waals surface area contributed by atoms with Gasteiger partial charge in [-0.15, -0.1) is 0 Å². The molecule has 16 heavy (non-hydrogen) atoms. The second-order valence-electron chi connectivity index (χ2n) is 3.29. The summed E-state index contributed by atoms with van der Waals surface area (Å²) in [6, 6.07) is 6.16. The zero-order chi connectivity index (χ0) is 11.7. The highest BCUT2D eigenvalue weighted by Crippen LogP contribution is 2.16. The van der Waals surface area contributed by atoms with Crippen LogP contribution in [0.5, 0.6) is 0 Å². The van der Waals surface area contributed by atoms with Gasteiger partial charge in [0.1, 0.15) is 6.07 Å². The summed E-state index contributed by atoms with van der Waals surface area (Å²) in [4.78, 5) is 34.4. The van der Waals surface area contributed by atoms with Gasteiger partial charge in [-0.2, -0.15) is 5.26 Å². The van der Waals surface area contributed by atoms with E-state index in [0.29, 0.717) is 0 Å². The molecule has 0 saturated heterocycles. The maximum absolute atomic E-state index is 11.8. The van der Waals surface area contributed by atoms with Crippen LogP contribution in [-0.2, 0) is 4.79 Å². The van der Waals surface area contributed by atoms with Crippen LogP contribution in [0.25, 0.3) is 0 Å². The van der Waals surface area contributed by atoms with E-state index in [1.165, 1.54) is 18.2 Å². The molecule has 5 nitrogen and oxygen atoms in total. The van der Waals surface area contributed by atoms with Crippen LogP contribution in [0.4, 0.5) is 0 Å². The van der Waals surface area contributed by atoms with Crippen molar-refractivity contribution >= 4 is 17.5 Å². The molecule has 1 heterocycles. The molecule has 5 heteroatoms. The van der Waals surface area contributed by atoms with Gasteiger partial charge in [-0.05, 0) is 6.07 Å². The maximum atomic E-state index is 11.8. The number of hydrogen-bond acceptors (Lipinski definition) is 4. The lowest BCUT2D eigenvalue weighted by molar-refractivity contribution is -0.114. The number of fused-ring (bicyclic) bond motifs is 1. The minimum absolute atomic E-state index is 0.180. The van der Waals surface area contributed by atoms with Gasteiger partial charge in [-0.25, -0.2) is 0 Å². The predicted molar refractivity (Wildman–Crippen MR) is 52.6 cm³/mol. The van der Waals surface area contributed by atoms with E-state index < -0.39 is 23.5 Å². The molecule has 1 aliphatic rings. The van der Waals surface area contributed by atoms with Crippen molar-refractivity contribution in [2.45, 2.75) is 6.04 Å². The lowest BCUT2D eigenvalue weighted by Gasteiger charge is -2.20. The molecule has 1 aromatic carbocycles. The van der Waals surface area contributed by atoms with Crippen LogP contribution in [-0.4, -0.2) is 23.5 Å². The van der Waals surface area contributed by atoms with E-state index in [0.717, 1.165) is 0 Å². The first-order valence-corrected chi connectivity index (χ1v) is 4.53. The molecule has 0 spiro atoms. The van der Waals surface area contributed by atoms with Gasteiger partial charge in [0.05, 0.1) is 5.56 Å². The number of carbonyl (C=O) groups excluding carboxylic acids is 3. The third-order valence-electron chi connectivity index (χ3n) is 2.35. The van der Waals surface area contributed by atoms with Gasteiger partial charge in [-0.3, -0.25) is 14.4 Å². The van der Waals surface area contributed by atoms with Crippen LogP contribution in [0.15, 0.2) is 24.3 Å². The van der Waals surface area contributed by atoms with E-state index in [1.54, 1.807) is 12.1 Å². The molecular formula is C11H6N2O3. The average Bonchev–Trinajstić information content (AvgIpc) is 2.33. The number of carbonyl (C=O) groups is 3. The Kier molecular flexibility index (Phi) is 2.25. The van der Waals surface area contributed by atoms with Gasteiger partial charge < -0.3 is 5.32 Å². The van der Waals surface area contributed by atoms with Crippen LogP contribution < -0.4 is 5.32 Å². The third-order valence-corrected chi connectivity index (χ3v) is 2.35. The lowest BCUT2D eigenvalue weighted by atomic mass is 9.92. The first-order valence-electron chi connectivity index (χ1n) is 4.53. The van der Waals surface area contributed by atoms with Crippen molar-refractivity contribution in [1.29, 1.82) is 5.26 Å². The predicted octanol–water partition coefficient (Wildman–Crippen LogP) is 0.0740. The van der Waals surface area contributed by atoms with Crippen LogP contribution in [0.3, 0.4) is 0 Å². The van der Waals surface area contributed by atoms with Crippen molar-refractivity contribution < 1.29 is 14.4 Å². The fraction of sp³-hybridized carbons (Fsp3) is 0.0909. The number of Topliss-reactive ketones (excluding diaryl/α,β-unsaturated/α-hetero) is 2. The number of nitrogens with zero attached hydrogens (tertiary/aromatic N) is 1. The van der Waals surface area contributed by atoms with Crippen LogP contribution in [0.2, 0.25) is 0 Å². The summed E-state index contributed by atoms with van der Waals surface area (Å²) in [6.45, 7) is 0. The zero-order valence-corrected chi connectivity index (χ0v) is 8.06. The van der Waals surface area contributed by atoms with Crippen molar-refractivity contribution in [3.63, 3.8) is 0 Å². The van der Waals surface area contributed by atoms with Gasteiger partial charge in [0.2, 0.25) is 0 Å². The third kappa shape index (κ3) is 1.37. The highest BCUT2D eigenvalue weighted by Gasteiger charge is 2.36. The minimum atomic E-state index is -1.37. The van der Waals surface area contributed by atoms with Crippen LogP contribution >= 0.6 is 0 Å². The fourth-order valence-corrected chi connectivity index (χ4v) is 1.58. The molecule has 0 aromatic heterocycles. The van der Waals surface area contributed by atoms with Crippen LogP contribution in [0.1, 0.15) is 20.7 Å². The standard InChI is InChI=1S/C11H6N2O3/c12-5-8(14)9-10(15)6-3-1-2-4-7(6)11(16)13-9/h1-4,9H,(H,13,16). The Hall–Kier alpha value is -2.48. The molecule has 0 aliphatic carbocycles. The topological polar surface area (TPSA) is 87.0 Å². The fourth-order valence-electron chi connectivity index (χ4n) is 1.58. The van der Waals surface area contributed by atoms with Crippen molar-refractivity contribution in [3.05, 3.63) is 35.4 Å². The Bertz CT molecular complexity index is 542. The summed E-state index contributed by atoms with van der Waals surface area (Å²) in [6.07, 6.45) is 0. The minimum Gasteiger partial charge on any atom is -0.334 e. The number of hydrogen-bond donors (Lipinski definition) is 1. The van der Waals surface area contributed by atoms with Crippen molar-refractivity contribution in [1.82, 2.24) is 5.32 Å². The number of rotatable bonds is 1. The zero-order valence-electron chi connectivity index (χ0n) is 8.06. The lowest BCUT2D eigenvalue weighted by Crippen LogP contribution is -2.50. The van der Waals surface area contributed by atoms with E-state index in [2.05, 4.69) is 5.32 Å². The quantitative estimate of drug-likeness (QED) is 0.529. The van der Waals surface area contributed by atoms with E-state index in [-0.39, 0.29) is 11.1 Å². The molecule has 0 radical (unpaired) electrons. The summed E-state index contributed by atoms with van der Waals surface area (Å²) in [5, 5.41) is 10.6. The molecule has 1 aliphatic heterocycles. The Labute approximate surface area is 90.7 Å². The number of nitriles is 1. The molecular weight excluding hydrogens is 208 g/mol. The summed E-state index contributed by atoms with van der Waals surface area (Å²) in [5.74, 6) is -2.00. The SMILES string of the molecule is N#CC(=O)C1NC(=O)c2ccccc2C1=O. The van der Waals surface area contributed by atoms with Gasteiger partial charge in [0, 0.05) is 5.56 Å². The first kappa shape index (κ1) is 10.1. The molecule has 0 fully saturated rings. The van der Waals surface area contributed by atoms with E-state index in [1.807, 2.05) is 0 Å². The van der Waals surface area contributed by atoms with Gasteiger partial charge in [0.25, 0.3) is 11.7 Å². The van der Waals surface area contributed by atoms with E-state index in [9.17, 15) is 14.4 Å². The normalized spacial score (nSPS) is 18.3. The van der Waals surface area contributed by atoms with Gasteiger partial charge in [0.15, 0.2) is 11.8 Å². The Morgan fingerprint density at radius 2 is 1.88 bits per heavy atom. The summed E-state index contributed by atoms with van der Waals surface area (Å²) >= 11 is 0. The molecule has 1 atom stereocenters. The second-order valence-corrected chi connectivity index (χ2v) is 3.29. The molecule has 1 N–H and O–H groups in total. The van der Waals surface area contributed by atoms with E-state index in [4.69, 9.17) is 5.26 Å². The van der Waals surface area contributed by atoms with Gasteiger partial charge in [-0.1, -0.05) is 18.2 Å². The van der Waals surface area contributed by atoms with Crippen LogP contribution in [0, 0.1) is 11.3 Å². The molecule has 0 saturated carbocycles. The molecule has 2 rings (SSSR count). The average molecular weight is 214 g/mol. The molecule has 0 bridgehead atoms. The number of benzene rings is 1. The highest BCUT2D eigenvalue weighted by atomic mass is 16.2. The second kappa shape index (κ2) is 3.59. The van der Waals surface area contributed by atoms with Gasteiger partial charge >= 0.3 is 0 Å². The number of amides is 1. The summed E-state index contributed by atoms with van der Waals surface area (Å²) in [7, 11) is 0. The molecule has 1 amide bonds. The largest absolute Gasteiger partial charge is 0.334 e. The van der Waals surface area contributed by atoms with Crippen molar-refractivity contribution in [2.24, 2.45) is 0 Å². The highest BCUT2D eigenvalue weighted by molar-refractivity contribution is 6.26. The monoisotopic (exact) mass is 214 g/mol. The molecule has 1 aromatic rings. The van der Waals surface area contributed by atoms with E-state index >= 15 is 0 Å². The smallest absolute Gasteiger partial charge is 0.262 e.